The number of ether oxygens (including phenoxy) is 1. The lowest BCUT2D eigenvalue weighted by Gasteiger charge is -2.26. The molecule has 2 heterocycles. The SMILES string of the molecule is CC(NCC1CCC1)c1nc2c([nH]1)COC2C. The highest BCUT2D eigenvalue weighted by atomic mass is 16.5. The van der Waals surface area contributed by atoms with Crippen molar-refractivity contribution in [3.05, 3.63) is 17.2 Å². The third kappa shape index (κ3) is 2.11. The van der Waals surface area contributed by atoms with Crippen molar-refractivity contribution in [1.82, 2.24) is 15.3 Å². The van der Waals surface area contributed by atoms with E-state index in [1.165, 1.54) is 19.3 Å². The maximum atomic E-state index is 5.51. The van der Waals surface area contributed by atoms with E-state index >= 15 is 0 Å². The normalized spacial score (nSPS) is 25.6. The van der Waals surface area contributed by atoms with Crippen molar-refractivity contribution in [3.63, 3.8) is 0 Å². The van der Waals surface area contributed by atoms with E-state index in [1.807, 2.05) is 0 Å². The molecular formula is C13H21N3O. The third-order valence-corrected chi connectivity index (χ3v) is 4.04. The molecule has 1 fully saturated rings. The highest BCUT2D eigenvalue weighted by molar-refractivity contribution is 5.20. The largest absolute Gasteiger partial charge is 0.366 e. The summed E-state index contributed by atoms with van der Waals surface area (Å²) < 4.78 is 5.51. The van der Waals surface area contributed by atoms with Gasteiger partial charge in [0.25, 0.3) is 0 Å². The van der Waals surface area contributed by atoms with E-state index in [9.17, 15) is 0 Å². The third-order valence-electron chi connectivity index (χ3n) is 4.04. The molecule has 0 radical (unpaired) electrons. The number of rotatable bonds is 4. The number of nitrogens with zero attached hydrogens (tertiary/aromatic N) is 1. The second-order valence-corrected chi connectivity index (χ2v) is 5.37. The minimum absolute atomic E-state index is 0.147. The minimum atomic E-state index is 0.147. The van der Waals surface area contributed by atoms with Gasteiger partial charge in [0, 0.05) is 0 Å². The zero-order valence-corrected chi connectivity index (χ0v) is 10.6. The quantitative estimate of drug-likeness (QED) is 0.842. The second-order valence-electron chi connectivity index (χ2n) is 5.37. The molecule has 3 rings (SSSR count). The monoisotopic (exact) mass is 235 g/mol. The van der Waals surface area contributed by atoms with Gasteiger partial charge in [-0.15, -0.1) is 0 Å². The molecule has 0 aromatic carbocycles. The lowest BCUT2D eigenvalue weighted by Crippen LogP contribution is -2.29. The molecule has 2 aliphatic rings. The number of imidazole rings is 1. The van der Waals surface area contributed by atoms with Crippen LogP contribution in [0.1, 0.15) is 62.5 Å². The van der Waals surface area contributed by atoms with Crippen LogP contribution in [0.15, 0.2) is 0 Å². The van der Waals surface area contributed by atoms with Gasteiger partial charge in [-0.25, -0.2) is 4.98 Å². The van der Waals surface area contributed by atoms with Crippen LogP contribution in [0.2, 0.25) is 0 Å². The molecule has 1 saturated carbocycles. The van der Waals surface area contributed by atoms with Crippen molar-refractivity contribution in [2.75, 3.05) is 6.54 Å². The smallest absolute Gasteiger partial charge is 0.123 e. The van der Waals surface area contributed by atoms with Crippen LogP contribution in [0.3, 0.4) is 0 Å². The number of nitrogens with one attached hydrogen (secondary N) is 2. The maximum absolute atomic E-state index is 5.51. The van der Waals surface area contributed by atoms with E-state index in [2.05, 4.69) is 29.1 Å². The fourth-order valence-corrected chi connectivity index (χ4v) is 2.52. The summed E-state index contributed by atoms with van der Waals surface area (Å²) in [7, 11) is 0. The van der Waals surface area contributed by atoms with E-state index in [-0.39, 0.29) is 6.10 Å². The van der Waals surface area contributed by atoms with Gasteiger partial charge in [-0.1, -0.05) is 6.42 Å². The molecule has 0 bridgehead atoms. The van der Waals surface area contributed by atoms with Gasteiger partial charge < -0.3 is 15.0 Å². The number of H-pyrrole nitrogens is 1. The molecule has 1 aliphatic heterocycles. The number of hydrogen-bond donors (Lipinski definition) is 2. The molecule has 0 saturated heterocycles. The Morgan fingerprint density at radius 3 is 3.00 bits per heavy atom. The summed E-state index contributed by atoms with van der Waals surface area (Å²) in [6.07, 6.45) is 4.33. The molecule has 4 heteroatoms. The van der Waals surface area contributed by atoms with E-state index in [4.69, 9.17) is 4.74 Å². The first-order chi connectivity index (χ1) is 8.24. The Morgan fingerprint density at radius 2 is 2.35 bits per heavy atom. The number of aromatic nitrogens is 2. The van der Waals surface area contributed by atoms with Gasteiger partial charge in [-0.3, -0.25) is 0 Å². The zero-order chi connectivity index (χ0) is 11.8. The Labute approximate surface area is 102 Å². The first-order valence-corrected chi connectivity index (χ1v) is 6.67. The van der Waals surface area contributed by atoms with Gasteiger partial charge in [-0.2, -0.15) is 0 Å². The Kier molecular flexibility index (Phi) is 2.92. The van der Waals surface area contributed by atoms with Crippen LogP contribution < -0.4 is 5.32 Å². The molecule has 1 aliphatic carbocycles. The lowest BCUT2D eigenvalue weighted by atomic mass is 9.85. The summed E-state index contributed by atoms with van der Waals surface area (Å²) >= 11 is 0. The molecule has 17 heavy (non-hydrogen) atoms. The van der Waals surface area contributed by atoms with Crippen molar-refractivity contribution in [2.24, 2.45) is 5.92 Å². The van der Waals surface area contributed by atoms with Gasteiger partial charge in [0.1, 0.15) is 5.82 Å². The zero-order valence-electron chi connectivity index (χ0n) is 10.6. The number of hydrogen-bond acceptors (Lipinski definition) is 3. The first kappa shape index (κ1) is 11.2. The van der Waals surface area contributed by atoms with Crippen molar-refractivity contribution < 1.29 is 4.74 Å². The molecule has 2 unspecified atom stereocenters. The lowest BCUT2D eigenvalue weighted by molar-refractivity contribution is 0.0756. The topological polar surface area (TPSA) is 49.9 Å². The Balaban J connectivity index is 1.61. The van der Waals surface area contributed by atoms with E-state index < -0.39 is 0 Å². The molecule has 4 nitrogen and oxygen atoms in total. The van der Waals surface area contributed by atoms with Gasteiger partial charge >= 0.3 is 0 Å². The summed E-state index contributed by atoms with van der Waals surface area (Å²) in [5, 5.41) is 3.57. The highest BCUT2D eigenvalue weighted by Gasteiger charge is 2.25. The summed E-state index contributed by atoms with van der Waals surface area (Å²) in [5.74, 6) is 1.95. The van der Waals surface area contributed by atoms with Crippen LogP contribution in [0.5, 0.6) is 0 Å². The fourth-order valence-electron chi connectivity index (χ4n) is 2.52. The van der Waals surface area contributed by atoms with E-state index in [0.717, 1.165) is 29.7 Å². The minimum Gasteiger partial charge on any atom is -0.366 e. The number of aromatic amines is 1. The average molecular weight is 235 g/mol. The van der Waals surface area contributed by atoms with Crippen LogP contribution in [0, 0.1) is 5.92 Å². The predicted octanol–water partition coefficient (Wildman–Crippen LogP) is 2.45. The molecule has 94 valence electrons. The van der Waals surface area contributed by atoms with Gasteiger partial charge in [0.15, 0.2) is 0 Å². The molecule has 0 amide bonds. The Bertz CT molecular complexity index is 397. The fraction of sp³-hybridized carbons (Fsp3) is 0.769. The standard InChI is InChI=1S/C13H21N3O/c1-8(14-6-10-4-3-5-10)13-15-11-7-17-9(2)12(11)16-13/h8-10,14H,3-7H2,1-2H3,(H,15,16). The highest BCUT2D eigenvalue weighted by Crippen LogP contribution is 2.30. The number of fused-ring (bicyclic) bond motifs is 1. The molecule has 1 aromatic heterocycles. The van der Waals surface area contributed by atoms with E-state index in [0.29, 0.717) is 12.6 Å². The first-order valence-electron chi connectivity index (χ1n) is 6.67. The van der Waals surface area contributed by atoms with E-state index in [1.54, 1.807) is 0 Å². The molecule has 2 atom stereocenters. The summed E-state index contributed by atoms with van der Waals surface area (Å²) in [5.41, 5.74) is 2.25. The van der Waals surface area contributed by atoms with Crippen LogP contribution in [0.25, 0.3) is 0 Å². The molecular weight excluding hydrogens is 214 g/mol. The second kappa shape index (κ2) is 4.42. The van der Waals surface area contributed by atoms with Crippen molar-refractivity contribution in [3.8, 4) is 0 Å². The van der Waals surface area contributed by atoms with Gasteiger partial charge in [-0.05, 0) is 39.2 Å². The Hall–Kier alpha value is -0.870. The average Bonchev–Trinajstić information content (AvgIpc) is 2.79. The summed E-state index contributed by atoms with van der Waals surface area (Å²) in [6, 6.07) is 0.313. The van der Waals surface area contributed by atoms with Crippen molar-refractivity contribution >= 4 is 0 Å². The molecule has 2 N–H and O–H groups in total. The predicted molar refractivity (Wildman–Crippen MR) is 65.6 cm³/mol. The van der Waals surface area contributed by atoms with Gasteiger partial charge in [0.2, 0.25) is 0 Å². The van der Waals surface area contributed by atoms with Crippen LogP contribution >= 0.6 is 0 Å². The molecule has 0 spiro atoms. The van der Waals surface area contributed by atoms with Crippen molar-refractivity contribution in [2.45, 2.75) is 51.9 Å². The summed E-state index contributed by atoms with van der Waals surface area (Å²) in [4.78, 5) is 8.04. The summed E-state index contributed by atoms with van der Waals surface area (Å²) in [6.45, 7) is 6.04. The van der Waals surface area contributed by atoms with Crippen LogP contribution in [0.4, 0.5) is 0 Å². The van der Waals surface area contributed by atoms with Crippen molar-refractivity contribution in [1.29, 1.82) is 0 Å². The van der Waals surface area contributed by atoms with Crippen LogP contribution in [-0.2, 0) is 11.3 Å². The van der Waals surface area contributed by atoms with Crippen LogP contribution in [-0.4, -0.2) is 16.5 Å². The molecule has 1 aromatic rings. The maximum Gasteiger partial charge on any atom is 0.123 e. The Morgan fingerprint density at radius 1 is 1.53 bits per heavy atom. The van der Waals surface area contributed by atoms with Gasteiger partial charge in [0.05, 0.1) is 30.1 Å².